The summed E-state index contributed by atoms with van der Waals surface area (Å²) in [7, 11) is 3.38. The Morgan fingerprint density at radius 2 is 1.83 bits per heavy atom. The third-order valence-corrected chi connectivity index (χ3v) is 15.6. The summed E-state index contributed by atoms with van der Waals surface area (Å²) in [5.41, 5.74) is 3.93. The first-order valence-corrected chi connectivity index (χ1v) is 24.9. The number of phenols is 4. The molecule has 0 radical (unpaired) electrons. The average Bonchev–Trinajstić information content (AvgIpc) is 3.99. The summed E-state index contributed by atoms with van der Waals surface area (Å²) < 4.78 is 11.8. The number of aliphatic hydroxyl groups is 2. The number of fused-ring (bicyclic) bond motifs is 5. The van der Waals surface area contributed by atoms with Gasteiger partial charge in [-0.15, -0.1) is 0 Å². The second kappa shape index (κ2) is 20.9. The van der Waals surface area contributed by atoms with E-state index in [2.05, 4.69) is 52.2 Å². The van der Waals surface area contributed by atoms with Crippen molar-refractivity contribution < 1.29 is 44.9 Å². The number of ether oxygens (including phenoxy) is 2. The van der Waals surface area contributed by atoms with Crippen molar-refractivity contribution in [3.63, 3.8) is 0 Å². The van der Waals surface area contributed by atoms with E-state index in [0.717, 1.165) is 51.7 Å². The van der Waals surface area contributed by atoms with E-state index in [9.17, 15) is 30.6 Å². The first-order chi connectivity index (χ1) is 33.8. The Labute approximate surface area is 410 Å². The summed E-state index contributed by atoms with van der Waals surface area (Å²) in [6.07, 6.45) is 12.4. The zero-order valence-corrected chi connectivity index (χ0v) is 40.3. The van der Waals surface area contributed by atoms with E-state index in [-0.39, 0.29) is 59.2 Å². The number of Topliss-reactive ketones (excluding diaryl/α,β-unsaturated/α-hetero) is 1. The van der Waals surface area contributed by atoms with Crippen LogP contribution in [0.5, 0.6) is 34.5 Å². The van der Waals surface area contributed by atoms with Crippen molar-refractivity contribution in [2.45, 2.75) is 88.8 Å². The molecule has 2 bridgehead atoms. The van der Waals surface area contributed by atoms with Gasteiger partial charge in [-0.05, 0) is 170 Å². The molecule has 0 amide bonds. The normalized spacial score (nSPS) is 26.2. The van der Waals surface area contributed by atoms with Crippen molar-refractivity contribution in [3.05, 3.63) is 137 Å². The minimum absolute atomic E-state index is 0.00229. The number of carbonyl (C=O) groups excluding carboxylic acids is 1. The minimum Gasteiger partial charge on any atom is -0.508 e. The maximum absolute atomic E-state index is 16.3. The van der Waals surface area contributed by atoms with Crippen LogP contribution in [-0.2, 0) is 17.6 Å². The first kappa shape index (κ1) is 48.6. The molecular formula is C57H68N4O9. The van der Waals surface area contributed by atoms with Gasteiger partial charge in [-0.3, -0.25) is 4.79 Å². The molecule has 9 atom stereocenters. The van der Waals surface area contributed by atoms with Crippen molar-refractivity contribution in [1.82, 2.24) is 15.6 Å². The third kappa shape index (κ3) is 9.97. The van der Waals surface area contributed by atoms with Crippen molar-refractivity contribution in [2.24, 2.45) is 29.1 Å². The van der Waals surface area contributed by atoms with E-state index in [0.29, 0.717) is 74.9 Å². The SMILES string of the molecule is CNC[C@@H]1C[C@@H](c2cc(O)c(O)c(OC[C@H]3C=CC[C@@H](C)C3)c2)CC(=O)[C@@H]([C@H](O)CCc2ccc(O)c(OC)c2)[C@@]2(CC[C@H](O)[C@@H]2Cc2ccc[nH]2)C2=CCNC(=C2)Nc2ccc3cc(O)ccc3c21. The second-order valence-electron chi connectivity index (χ2n) is 20.2. The highest BCUT2D eigenvalue weighted by molar-refractivity contribution is 5.92. The summed E-state index contributed by atoms with van der Waals surface area (Å²) >= 11 is 0. The van der Waals surface area contributed by atoms with Crippen LogP contribution >= 0.6 is 0 Å². The van der Waals surface area contributed by atoms with Gasteiger partial charge in [0.1, 0.15) is 17.4 Å². The molecular weight excluding hydrogens is 885 g/mol. The van der Waals surface area contributed by atoms with Gasteiger partial charge in [0.25, 0.3) is 0 Å². The molecule has 70 heavy (non-hydrogen) atoms. The zero-order chi connectivity index (χ0) is 49.1. The summed E-state index contributed by atoms with van der Waals surface area (Å²) in [4.78, 5) is 19.6. The number of methoxy groups -OCH3 is 1. The Hall–Kier alpha value is -6.41. The molecule has 2 aliphatic carbocycles. The van der Waals surface area contributed by atoms with Crippen LogP contribution in [0.15, 0.2) is 115 Å². The summed E-state index contributed by atoms with van der Waals surface area (Å²) in [6.45, 7) is 3.42. The van der Waals surface area contributed by atoms with Crippen LogP contribution in [-0.4, -0.2) is 87.5 Å². The van der Waals surface area contributed by atoms with Crippen molar-refractivity contribution in [3.8, 4) is 34.5 Å². The number of benzene rings is 4. The van der Waals surface area contributed by atoms with E-state index < -0.39 is 35.4 Å². The van der Waals surface area contributed by atoms with Crippen LogP contribution in [0.2, 0.25) is 0 Å². The summed E-state index contributed by atoms with van der Waals surface area (Å²) in [5, 5.41) is 81.7. The highest BCUT2D eigenvalue weighted by atomic mass is 16.5. The molecule has 9 rings (SSSR count). The number of nitrogens with one attached hydrogen (secondary N) is 4. The predicted molar refractivity (Wildman–Crippen MR) is 271 cm³/mol. The van der Waals surface area contributed by atoms with Gasteiger partial charge >= 0.3 is 0 Å². The van der Waals surface area contributed by atoms with Gasteiger partial charge in [0.05, 0.1) is 31.8 Å². The molecule has 1 fully saturated rings. The molecule has 0 unspecified atom stereocenters. The number of H-pyrrole nitrogens is 1. The maximum atomic E-state index is 16.3. The Bertz CT molecular complexity index is 2770. The van der Waals surface area contributed by atoms with Crippen LogP contribution < -0.4 is 25.4 Å². The molecule has 13 heteroatoms. The fraction of sp³-hybridized carbons (Fsp3) is 0.421. The number of hydrogen-bond donors (Lipinski definition) is 10. The molecule has 3 heterocycles. The number of aromatic nitrogens is 1. The van der Waals surface area contributed by atoms with Crippen molar-refractivity contribution in [2.75, 3.05) is 39.2 Å². The number of rotatable bonds is 13. The fourth-order valence-corrected chi connectivity index (χ4v) is 12.3. The lowest BCUT2D eigenvalue weighted by Crippen LogP contribution is -2.50. The molecule has 2 aliphatic heterocycles. The number of likely N-dealkylation sites (N-methyl/N-ethyl adjacent to an activating group) is 1. The van der Waals surface area contributed by atoms with Gasteiger partial charge in [0.2, 0.25) is 5.75 Å². The maximum Gasteiger partial charge on any atom is 0.200 e. The highest BCUT2D eigenvalue weighted by Gasteiger charge is 2.58. The number of hydrogen-bond acceptors (Lipinski definition) is 12. The summed E-state index contributed by atoms with van der Waals surface area (Å²) in [6, 6.07) is 21.7. The van der Waals surface area contributed by atoms with E-state index in [1.807, 2.05) is 43.6 Å². The second-order valence-corrected chi connectivity index (χ2v) is 20.2. The highest BCUT2D eigenvalue weighted by Crippen LogP contribution is 2.58. The number of ketones is 1. The number of anilines is 1. The first-order valence-electron chi connectivity index (χ1n) is 24.9. The summed E-state index contributed by atoms with van der Waals surface area (Å²) in [5.74, 6) is -1.35. The number of aromatic amines is 1. The molecule has 370 valence electrons. The number of phenolic OH excluding ortho intramolecular Hbond substituents is 4. The standard InChI is InChI=1S/C57H68N4O9/c1-33-6-4-7-35(22-33)32-70-52-28-38(27-50(67)56(52)68)37-24-39(31-58-2)54-43-13-12-42(62)25-36(43)11-14-45(54)61-53-29-40(18-21-60-53)57(19-17-46(63)44(57)30-41-8-5-20-59-41)55(49(66)26-37)48(65)16-10-34-9-15-47(64)51(23-34)69-3/h4-5,7-9,11-15,18,20,23,25,27-29,33,35,37,39,44,46,48,55,58-65,67-68H,6,10,16-17,19,21-22,24,26,30-32H2,1-3H3/t33-,35+,37-,39+,44+,46+,48-,55-,57+/m1/s1. The minimum atomic E-state index is -1.19. The van der Waals surface area contributed by atoms with Gasteiger partial charge in [0, 0.05) is 54.3 Å². The topological polar surface area (TPSA) is 209 Å². The monoisotopic (exact) mass is 952 g/mol. The van der Waals surface area contributed by atoms with Gasteiger partial charge in [-0.2, -0.15) is 0 Å². The molecule has 4 aliphatic rings. The largest absolute Gasteiger partial charge is 0.508 e. The number of aromatic hydroxyl groups is 4. The lowest BCUT2D eigenvalue weighted by atomic mass is 9.57. The zero-order valence-electron chi connectivity index (χ0n) is 40.3. The Morgan fingerprint density at radius 1 is 0.971 bits per heavy atom. The molecule has 0 saturated heterocycles. The molecule has 1 aromatic heterocycles. The predicted octanol–water partition coefficient (Wildman–Crippen LogP) is 8.82. The number of carbonyl (C=O) groups is 1. The number of dihydropyridines is 1. The van der Waals surface area contributed by atoms with Crippen molar-refractivity contribution >= 4 is 22.2 Å². The number of aliphatic hydroxyl groups excluding tert-OH is 2. The third-order valence-electron chi connectivity index (χ3n) is 15.6. The van der Waals surface area contributed by atoms with Gasteiger partial charge in [-0.25, -0.2) is 0 Å². The number of allylic oxidation sites excluding steroid dienone is 3. The van der Waals surface area contributed by atoms with E-state index in [1.165, 1.54) is 13.2 Å². The molecule has 13 nitrogen and oxygen atoms in total. The van der Waals surface area contributed by atoms with Gasteiger partial charge < -0.3 is 61.0 Å². The van der Waals surface area contributed by atoms with Crippen LogP contribution in [0.3, 0.4) is 0 Å². The van der Waals surface area contributed by atoms with Gasteiger partial charge in [-0.1, -0.05) is 43.4 Å². The number of aryl methyl sites for hydroxylation is 1. The van der Waals surface area contributed by atoms with Crippen LogP contribution in [0.4, 0.5) is 5.69 Å². The lowest BCUT2D eigenvalue weighted by molar-refractivity contribution is -0.134. The lowest BCUT2D eigenvalue weighted by Gasteiger charge is -2.46. The van der Waals surface area contributed by atoms with Gasteiger partial charge in [0.15, 0.2) is 23.0 Å². The molecule has 1 spiro atoms. The van der Waals surface area contributed by atoms with Crippen LogP contribution in [0.25, 0.3) is 10.8 Å². The average molecular weight is 953 g/mol. The van der Waals surface area contributed by atoms with Crippen LogP contribution in [0, 0.1) is 29.1 Å². The molecule has 10 N–H and O–H groups in total. The molecule has 4 aromatic carbocycles. The van der Waals surface area contributed by atoms with Crippen LogP contribution in [0.1, 0.15) is 86.1 Å². The fourth-order valence-electron chi connectivity index (χ4n) is 12.3. The Balaban J connectivity index is 1.22. The Kier molecular flexibility index (Phi) is 14.5. The van der Waals surface area contributed by atoms with E-state index in [1.54, 1.807) is 36.4 Å². The van der Waals surface area contributed by atoms with E-state index in [4.69, 9.17) is 9.47 Å². The van der Waals surface area contributed by atoms with E-state index >= 15 is 4.79 Å². The molecule has 1 saturated carbocycles. The smallest absolute Gasteiger partial charge is 0.200 e. The Morgan fingerprint density at radius 3 is 2.61 bits per heavy atom. The quantitative estimate of drug-likeness (QED) is 0.0397. The molecule has 5 aromatic rings. The van der Waals surface area contributed by atoms with Crippen molar-refractivity contribution in [1.29, 1.82) is 0 Å².